The Labute approximate surface area is 203 Å². The number of hydrogen-bond acceptors (Lipinski definition) is 8. The van der Waals surface area contributed by atoms with Gasteiger partial charge in [-0.05, 0) is 24.1 Å². The second-order valence-electron chi connectivity index (χ2n) is 8.17. The van der Waals surface area contributed by atoms with E-state index in [2.05, 4.69) is 24.0 Å². The lowest BCUT2D eigenvalue weighted by molar-refractivity contribution is -0.120. The Morgan fingerprint density at radius 1 is 1.15 bits per heavy atom. The molecular formula is C25H28N4O4S. The Kier molecular flexibility index (Phi) is 7.21. The summed E-state index contributed by atoms with van der Waals surface area (Å²) in [5, 5.41) is 9.32. The lowest BCUT2D eigenvalue weighted by Gasteiger charge is -2.31. The molecule has 178 valence electrons. The Hall–Kier alpha value is -3.33. The molecule has 0 saturated carbocycles. The maximum Gasteiger partial charge on any atom is 0.247 e. The number of carbonyl (C=O) groups excluding carboxylic acids is 1. The van der Waals surface area contributed by atoms with Gasteiger partial charge in [-0.1, -0.05) is 50.7 Å². The Bertz CT molecular complexity index is 1190. The number of para-hydroxylation sites is 1. The summed E-state index contributed by atoms with van der Waals surface area (Å²) in [5.41, 5.74) is 2.57. The molecule has 2 aromatic carbocycles. The number of hydrogen-bond donors (Lipinski definition) is 0. The van der Waals surface area contributed by atoms with Crippen molar-refractivity contribution in [2.45, 2.75) is 38.6 Å². The Morgan fingerprint density at radius 3 is 2.65 bits per heavy atom. The number of rotatable bonds is 7. The first-order valence-electron chi connectivity index (χ1n) is 11.1. The summed E-state index contributed by atoms with van der Waals surface area (Å²) >= 11 is 1.52. The van der Waals surface area contributed by atoms with E-state index < -0.39 is 6.23 Å². The third-order valence-corrected chi connectivity index (χ3v) is 6.60. The summed E-state index contributed by atoms with van der Waals surface area (Å²) in [6.45, 7) is 6.09. The van der Waals surface area contributed by atoms with E-state index in [-0.39, 0.29) is 12.3 Å². The van der Waals surface area contributed by atoms with E-state index in [4.69, 9.17) is 19.2 Å². The van der Waals surface area contributed by atoms with Gasteiger partial charge in [0, 0.05) is 23.8 Å². The number of carbonyl (C=O) groups is 1. The summed E-state index contributed by atoms with van der Waals surface area (Å²) < 4.78 is 17.5. The molecule has 1 atom stereocenters. The average Bonchev–Trinajstić information content (AvgIpc) is 3.00. The number of benzene rings is 2. The van der Waals surface area contributed by atoms with Gasteiger partial charge in [0.05, 0.1) is 25.5 Å². The first-order chi connectivity index (χ1) is 16.5. The fourth-order valence-corrected chi connectivity index (χ4v) is 4.41. The highest BCUT2D eigenvalue weighted by molar-refractivity contribution is 7.99. The van der Waals surface area contributed by atoms with Crippen LogP contribution in [0.3, 0.4) is 0 Å². The average molecular weight is 481 g/mol. The second kappa shape index (κ2) is 10.3. The zero-order chi connectivity index (χ0) is 24.2. The molecule has 4 rings (SSSR count). The molecule has 0 aliphatic carbocycles. The SMILES string of the molecule is CCC(=O)N1c2ccccc2-c2nnc(SCC(C)C)nc2O[C@H]1c1ccc(OC)cc1OC. The van der Waals surface area contributed by atoms with E-state index in [0.717, 1.165) is 11.3 Å². The highest BCUT2D eigenvalue weighted by Gasteiger charge is 2.36. The molecule has 34 heavy (non-hydrogen) atoms. The molecule has 1 aromatic heterocycles. The molecule has 1 aliphatic heterocycles. The van der Waals surface area contributed by atoms with Crippen LogP contribution in [-0.2, 0) is 4.79 Å². The predicted octanol–water partition coefficient (Wildman–Crippen LogP) is 5.14. The van der Waals surface area contributed by atoms with Crippen molar-refractivity contribution < 1.29 is 19.0 Å². The van der Waals surface area contributed by atoms with Gasteiger partial charge in [-0.25, -0.2) is 0 Å². The van der Waals surface area contributed by atoms with Crippen LogP contribution in [0, 0.1) is 5.92 Å². The molecule has 1 aliphatic rings. The van der Waals surface area contributed by atoms with Crippen molar-refractivity contribution in [3.63, 3.8) is 0 Å². The number of fused-ring (bicyclic) bond motifs is 3. The first kappa shape index (κ1) is 23.8. The van der Waals surface area contributed by atoms with Gasteiger partial charge >= 0.3 is 0 Å². The van der Waals surface area contributed by atoms with Crippen molar-refractivity contribution in [3.05, 3.63) is 48.0 Å². The molecule has 1 amide bonds. The zero-order valence-corrected chi connectivity index (χ0v) is 20.8. The summed E-state index contributed by atoms with van der Waals surface area (Å²) in [4.78, 5) is 19.6. The molecule has 0 saturated heterocycles. The summed E-state index contributed by atoms with van der Waals surface area (Å²) in [5.74, 6) is 2.72. The van der Waals surface area contributed by atoms with Crippen molar-refractivity contribution in [1.29, 1.82) is 0 Å². The van der Waals surface area contributed by atoms with Crippen LogP contribution >= 0.6 is 11.8 Å². The van der Waals surface area contributed by atoms with Crippen LogP contribution in [0.1, 0.15) is 39.0 Å². The molecule has 0 spiro atoms. The maximum absolute atomic E-state index is 13.3. The lowest BCUT2D eigenvalue weighted by atomic mass is 10.1. The molecule has 9 heteroatoms. The molecule has 0 fully saturated rings. The number of thioether (sulfide) groups is 1. The van der Waals surface area contributed by atoms with Crippen molar-refractivity contribution in [2.75, 3.05) is 24.9 Å². The number of anilines is 1. The topological polar surface area (TPSA) is 86.7 Å². The fraction of sp³-hybridized carbons (Fsp3) is 0.360. The van der Waals surface area contributed by atoms with E-state index in [1.165, 1.54) is 11.8 Å². The van der Waals surface area contributed by atoms with Gasteiger partial charge in [0.25, 0.3) is 0 Å². The number of amides is 1. The largest absolute Gasteiger partial charge is 0.497 e. The van der Waals surface area contributed by atoms with Crippen molar-refractivity contribution in [3.8, 4) is 28.6 Å². The summed E-state index contributed by atoms with van der Waals surface area (Å²) in [6.07, 6.45) is -0.534. The van der Waals surface area contributed by atoms with Gasteiger partial charge in [-0.3, -0.25) is 9.69 Å². The number of ether oxygens (including phenoxy) is 3. The molecule has 2 heterocycles. The van der Waals surface area contributed by atoms with Gasteiger partial charge in [-0.2, -0.15) is 4.98 Å². The molecule has 0 bridgehead atoms. The quantitative estimate of drug-likeness (QED) is 0.430. The van der Waals surface area contributed by atoms with Gasteiger partial charge in [-0.15, -0.1) is 10.2 Å². The van der Waals surface area contributed by atoms with Crippen molar-refractivity contribution >= 4 is 23.4 Å². The van der Waals surface area contributed by atoms with Gasteiger partial charge in [0.1, 0.15) is 11.5 Å². The molecule has 0 radical (unpaired) electrons. The van der Waals surface area contributed by atoms with Crippen LogP contribution in [0.2, 0.25) is 0 Å². The van der Waals surface area contributed by atoms with Crippen LogP contribution in [0.15, 0.2) is 47.6 Å². The predicted molar refractivity (Wildman–Crippen MR) is 132 cm³/mol. The zero-order valence-electron chi connectivity index (χ0n) is 19.9. The first-order valence-corrected chi connectivity index (χ1v) is 12.1. The van der Waals surface area contributed by atoms with Crippen molar-refractivity contribution in [2.24, 2.45) is 5.92 Å². The minimum atomic E-state index is -0.824. The number of nitrogens with zero attached hydrogens (tertiary/aromatic N) is 4. The lowest BCUT2D eigenvalue weighted by Crippen LogP contribution is -2.37. The number of aromatic nitrogens is 3. The summed E-state index contributed by atoms with van der Waals surface area (Å²) in [6, 6.07) is 13.0. The minimum absolute atomic E-state index is 0.106. The molecule has 8 nitrogen and oxygen atoms in total. The van der Waals surface area contributed by atoms with Gasteiger partial charge in [0.15, 0.2) is 5.69 Å². The number of methoxy groups -OCH3 is 2. The van der Waals surface area contributed by atoms with E-state index in [0.29, 0.717) is 45.4 Å². The van der Waals surface area contributed by atoms with Gasteiger partial charge in [0.2, 0.25) is 23.2 Å². The van der Waals surface area contributed by atoms with Crippen molar-refractivity contribution in [1.82, 2.24) is 15.2 Å². The van der Waals surface area contributed by atoms with Crippen LogP contribution < -0.4 is 19.1 Å². The van der Waals surface area contributed by atoms with E-state index >= 15 is 0 Å². The fourth-order valence-electron chi connectivity index (χ4n) is 3.68. The summed E-state index contributed by atoms with van der Waals surface area (Å²) in [7, 11) is 3.17. The van der Waals surface area contributed by atoms with Gasteiger partial charge < -0.3 is 14.2 Å². The van der Waals surface area contributed by atoms with Crippen LogP contribution in [0.5, 0.6) is 17.4 Å². The second-order valence-corrected chi connectivity index (χ2v) is 9.15. The normalized spacial score (nSPS) is 14.6. The van der Waals surface area contributed by atoms with E-state index in [9.17, 15) is 4.79 Å². The maximum atomic E-state index is 13.3. The Balaban J connectivity index is 1.91. The van der Waals surface area contributed by atoms with Crippen LogP contribution in [0.4, 0.5) is 5.69 Å². The van der Waals surface area contributed by atoms with Crippen LogP contribution in [-0.4, -0.2) is 41.1 Å². The van der Waals surface area contributed by atoms with E-state index in [1.807, 2.05) is 43.3 Å². The smallest absolute Gasteiger partial charge is 0.247 e. The van der Waals surface area contributed by atoms with Crippen LogP contribution in [0.25, 0.3) is 11.3 Å². The highest BCUT2D eigenvalue weighted by Crippen LogP contribution is 2.45. The molecule has 3 aromatic rings. The molecule has 0 unspecified atom stereocenters. The minimum Gasteiger partial charge on any atom is -0.497 e. The third kappa shape index (κ3) is 4.65. The molecular weight excluding hydrogens is 452 g/mol. The highest BCUT2D eigenvalue weighted by atomic mass is 32.2. The molecule has 0 N–H and O–H groups in total. The monoisotopic (exact) mass is 480 g/mol. The standard InChI is InChI=1S/C25H28N4O4S/c1-6-21(30)29-19-10-8-7-9-17(19)22-23(26-25(28-27-22)34-14-15(2)3)33-24(29)18-12-11-16(31-4)13-20(18)32-5/h7-13,15,24H,6,14H2,1-5H3/t24-/m0/s1. The Morgan fingerprint density at radius 2 is 1.94 bits per heavy atom. The van der Waals surface area contributed by atoms with E-state index in [1.54, 1.807) is 25.2 Å². The third-order valence-electron chi connectivity index (χ3n) is 5.34.